The average molecular weight is 493 g/mol. The molecule has 1 aliphatic carbocycles. The van der Waals surface area contributed by atoms with E-state index in [-0.39, 0.29) is 30.9 Å². The molecule has 5 rings (SSSR count). The molecule has 10 nitrogen and oxygen atoms in total. The van der Waals surface area contributed by atoms with Gasteiger partial charge in [0.25, 0.3) is 5.91 Å². The number of amides is 5. The van der Waals surface area contributed by atoms with E-state index in [9.17, 15) is 19.2 Å². The summed E-state index contributed by atoms with van der Waals surface area (Å²) in [7, 11) is 3.11. The number of aryl methyl sites for hydroxylation is 1. The van der Waals surface area contributed by atoms with Crippen LogP contribution in [-0.4, -0.2) is 61.0 Å². The van der Waals surface area contributed by atoms with Crippen LogP contribution >= 0.6 is 0 Å². The van der Waals surface area contributed by atoms with E-state index in [0.717, 1.165) is 28.9 Å². The molecule has 1 spiro atoms. The lowest BCUT2D eigenvalue weighted by Crippen LogP contribution is -2.44. The molecule has 2 fully saturated rings. The quantitative estimate of drug-likeness (QED) is 0.663. The lowest BCUT2D eigenvalue weighted by molar-refractivity contribution is -0.142. The lowest BCUT2D eigenvalue weighted by Gasteiger charge is -2.27. The topological polar surface area (TPSA) is 117 Å². The molecule has 2 aliphatic heterocycles. The van der Waals surface area contributed by atoms with Gasteiger partial charge < -0.3 is 25.0 Å². The van der Waals surface area contributed by atoms with Crippen molar-refractivity contribution in [3.8, 4) is 5.75 Å². The molecule has 36 heavy (non-hydrogen) atoms. The van der Waals surface area contributed by atoms with Crippen LogP contribution in [0.1, 0.15) is 42.0 Å². The van der Waals surface area contributed by atoms with E-state index in [2.05, 4.69) is 10.6 Å². The van der Waals surface area contributed by atoms with E-state index < -0.39 is 17.6 Å². The third-order valence-electron chi connectivity index (χ3n) is 7.19. The van der Waals surface area contributed by atoms with Gasteiger partial charge in [0.15, 0.2) is 0 Å². The molecule has 0 radical (unpaired) electrons. The first-order valence-electron chi connectivity index (χ1n) is 12.0. The number of nitrogens with one attached hydrogen (secondary N) is 2. The van der Waals surface area contributed by atoms with Gasteiger partial charge in [0.2, 0.25) is 11.5 Å². The highest BCUT2D eigenvalue weighted by Crippen LogP contribution is 2.46. The van der Waals surface area contributed by atoms with E-state index in [1.165, 1.54) is 7.05 Å². The van der Waals surface area contributed by atoms with Gasteiger partial charge in [-0.2, -0.15) is 0 Å². The molecule has 3 aliphatic rings. The highest BCUT2D eigenvalue weighted by Gasteiger charge is 2.58. The predicted octanol–water partition coefficient (Wildman–Crippen LogP) is 2.93. The van der Waals surface area contributed by atoms with Crippen molar-refractivity contribution in [3.63, 3.8) is 0 Å². The fourth-order valence-electron chi connectivity index (χ4n) is 5.41. The molecule has 0 aromatic heterocycles. The predicted molar refractivity (Wildman–Crippen MR) is 129 cm³/mol. The number of rotatable bonds is 5. The maximum atomic E-state index is 13.5. The first-order valence-corrected chi connectivity index (χ1v) is 12.0. The number of urea groups is 1. The molecule has 2 heterocycles. The second-order valence-corrected chi connectivity index (χ2v) is 9.18. The van der Waals surface area contributed by atoms with Crippen LogP contribution in [-0.2, 0) is 26.3 Å². The monoisotopic (exact) mass is 492 g/mol. The minimum atomic E-state index is -1.44. The summed E-state index contributed by atoms with van der Waals surface area (Å²) >= 11 is 0. The van der Waals surface area contributed by atoms with Crippen LogP contribution in [0.5, 0.6) is 5.75 Å². The third kappa shape index (κ3) is 3.92. The fourth-order valence-corrected chi connectivity index (χ4v) is 5.41. The fraction of sp³-hybridized carbons (Fsp3) is 0.385. The Kier molecular flexibility index (Phi) is 6.03. The van der Waals surface area contributed by atoms with Crippen molar-refractivity contribution in [2.75, 3.05) is 32.6 Å². The van der Waals surface area contributed by atoms with Crippen LogP contribution in [0.3, 0.4) is 0 Å². The number of carbonyl (C=O) groups excluding carboxylic acids is 4. The van der Waals surface area contributed by atoms with Gasteiger partial charge in [-0.25, -0.2) is 14.5 Å². The first-order chi connectivity index (χ1) is 17.4. The van der Waals surface area contributed by atoms with Crippen LogP contribution in [0.2, 0.25) is 0 Å². The van der Waals surface area contributed by atoms with Crippen molar-refractivity contribution in [3.05, 3.63) is 59.2 Å². The van der Waals surface area contributed by atoms with Crippen LogP contribution in [0, 0.1) is 0 Å². The standard InChI is InChI=1S/C26H28N4O6/c1-27-24(33)28-18-8-9-20-16(13-18)10-11-26(20)23(32)30(25(34)36-26)15-22(31)29-12-4-7-21(29)17-5-3-6-19(14-17)35-2/h3,5-6,8-9,13-14,21H,4,7,10-12,15H2,1-2H3,(H2,27,28,33)/t21?,26-/m1/s1. The van der Waals surface area contributed by atoms with Crippen molar-refractivity contribution >= 4 is 29.6 Å². The van der Waals surface area contributed by atoms with E-state index >= 15 is 0 Å². The number of imide groups is 1. The summed E-state index contributed by atoms with van der Waals surface area (Å²) in [6.45, 7) is 0.179. The van der Waals surface area contributed by atoms with E-state index in [0.29, 0.717) is 30.0 Å². The molecule has 2 saturated heterocycles. The van der Waals surface area contributed by atoms with E-state index in [4.69, 9.17) is 9.47 Å². The van der Waals surface area contributed by atoms with E-state index in [1.54, 1.807) is 30.2 Å². The largest absolute Gasteiger partial charge is 0.497 e. The summed E-state index contributed by atoms with van der Waals surface area (Å²) in [6.07, 6.45) is 1.60. The summed E-state index contributed by atoms with van der Waals surface area (Å²) in [5.41, 5.74) is 1.50. The number of nitrogens with zero attached hydrogens (tertiary/aromatic N) is 2. The number of benzene rings is 2. The van der Waals surface area contributed by atoms with Gasteiger partial charge in [-0.15, -0.1) is 0 Å². The van der Waals surface area contributed by atoms with E-state index in [1.807, 2.05) is 24.3 Å². The molecular formula is C26H28N4O6. The third-order valence-corrected chi connectivity index (χ3v) is 7.19. The summed E-state index contributed by atoms with van der Waals surface area (Å²) < 4.78 is 11.0. The minimum Gasteiger partial charge on any atom is -0.497 e. The normalized spacial score (nSPS) is 22.6. The summed E-state index contributed by atoms with van der Waals surface area (Å²) in [5.74, 6) is -0.115. The second-order valence-electron chi connectivity index (χ2n) is 9.18. The molecule has 1 unspecified atom stereocenters. The number of hydrogen-bond donors (Lipinski definition) is 2. The smallest absolute Gasteiger partial charge is 0.418 e. The van der Waals surface area contributed by atoms with Gasteiger partial charge in [0.1, 0.15) is 12.3 Å². The Morgan fingerprint density at radius 2 is 2.03 bits per heavy atom. The number of methoxy groups -OCH3 is 1. The maximum Gasteiger partial charge on any atom is 0.418 e. The Morgan fingerprint density at radius 3 is 2.81 bits per heavy atom. The summed E-state index contributed by atoms with van der Waals surface area (Å²) in [6, 6.07) is 12.2. The SMILES string of the molecule is CNC(=O)Nc1ccc2c(c1)CC[C@@]21OC(=O)N(CC(=O)N2CCCC2c2cccc(OC)c2)C1=O. The van der Waals surface area contributed by atoms with Crippen LogP contribution < -0.4 is 15.4 Å². The molecule has 2 aromatic carbocycles. The van der Waals surface area contributed by atoms with Crippen molar-refractivity contribution in [1.82, 2.24) is 15.1 Å². The van der Waals surface area contributed by atoms with Gasteiger partial charge in [-0.1, -0.05) is 18.2 Å². The molecular weight excluding hydrogens is 464 g/mol. The van der Waals surface area contributed by atoms with Crippen molar-refractivity contribution < 1.29 is 28.7 Å². The highest BCUT2D eigenvalue weighted by atomic mass is 16.6. The second kappa shape index (κ2) is 9.18. The molecule has 0 saturated carbocycles. The van der Waals surface area contributed by atoms with Crippen LogP contribution in [0.4, 0.5) is 15.3 Å². The Hall–Kier alpha value is -4.08. The number of likely N-dealkylation sites (tertiary alicyclic amines) is 1. The number of fused-ring (bicyclic) bond motifs is 2. The molecule has 0 bridgehead atoms. The molecule has 2 atom stereocenters. The number of carbonyl (C=O) groups is 4. The first kappa shape index (κ1) is 23.7. The number of anilines is 1. The molecule has 5 amide bonds. The highest BCUT2D eigenvalue weighted by molar-refractivity contribution is 6.06. The van der Waals surface area contributed by atoms with Gasteiger partial charge in [-0.05, 0) is 54.7 Å². The lowest BCUT2D eigenvalue weighted by atomic mass is 9.94. The Labute approximate surface area is 208 Å². The van der Waals surface area contributed by atoms with Gasteiger partial charge in [0, 0.05) is 31.3 Å². The zero-order chi connectivity index (χ0) is 25.4. The average Bonchev–Trinajstić information content (AvgIpc) is 3.58. The zero-order valence-corrected chi connectivity index (χ0v) is 20.2. The minimum absolute atomic E-state index is 0.145. The van der Waals surface area contributed by atoms with Gasteiger partial charge >= 0.3 is 12.1 Å². The van der Waals surface area contributed by atoms with Crippen molar-refractivity contribution in [1.29, 1.82) is 0 Å². The Bertz CT molecular complexity index is 1250. The molecule has 2 aromatic rings. The molecule has 2 N–H and O–H groups in total. The number of ether oxygens (including phenoxy) is 2. The van der Waals surface area contributed by atoms with Crippen LogP contribution in [0.15, 0.2) is 42.5 Å². The maximum absolute atomic E-state index is 13.5. The Morgan fingerprint density at radius 1 is 1.19 bits per heavy atom. The van der Waals surface area contributed by atoms with Crippen molar-refractivity contribution in [2.45, 2.75) is 37.3 Å². The summed E-state index contributed by atoms with van der Waals surface area (Å²) in [4.78, 5) is 53.9. The summed E-state index contributed by atoms with van der Waals surface area (Å²) in [5, 5.41) is 5.19. The van der Waals surface area contributed by atoms with Crippen molar-refractivity contribution in [2.24, 2.45) is 0 Å². The molecule has 10 heteroatoms. The molecule has 188 valence electrons. The van der Waals surface area contributed by atoms with Crippen LogP contribution in [0.25, 0.3) is 0 Å². The van der Waals surface area contributed by atoms with Gasteiger partial charge in [0.05, 0.1) is 13.2 Å². The van der Waals surface area contributed by atoms with Gasteiger partial charge in [-0.3, -0.25) is 9.59 Å². The Balaban J connectivity index is 1.33. The number of hydrogen-bond acceptors (Lipinski definition) is 6. The zero-order valence-electron chi connectivity index (χ0n) is 20.2.